The molecule has 1 atom stereocenters. The van der Waals surface area contributed by atoms with Gasteiger partial charge in [-0.15, -0.1) is 0 Å². The minimum atomic E-state index is -0.773. The number of esters is 2. The Kier molecular flexibility index (Phi) is 63.3. The molecular formula is C69H128O5. The molecule has 0 heterocycles. The van der Waals surface area contributed by atoms with Gasteiger partial charge in [0.2, 0.25) is 0 Å². The quantitative estimate of drug-likeness (QED) is 0.0373. The summed E-state index contributed by atoms with van der Waals surface area (Å²) in [5.41, 5.74) is 0. The van der Waals surface area contributed by atoms with E-state index in [2.05, 4.69) is 62.5 Å². The number of hydrogen-bond donors (Lipinski definition) is 1. The maximum Gasteiger partial charge on any atom is 0.306 e. The van der Waals surface area contributed by atoms with Gasteiger partial charge in [-0.25, -0.2) is 0 Å². The van der Waals surface area contributed by atoms with Gasteiger partial charge in [0.1, 0.15) is 6.61 Å². The molecular weight excluding hydrogens is 909 g/mol. The van der Waals surface area contributed by atoms with Crippen LogP contribution in [0, 0.1) is 0 Å². The molecule has 1 N–H and O–H groups in total. The van der Waals surface area contributed by atoms with Crippen molar-refractivity contribution < 1.29 is 24.2 Å². The summed E-state index contributed by atoms with van der Waals surface area (Å²) in [5.74, 6) is -0.578. The van der Waals surface area contributed by atoms with Gasteiger partial charge in [-0.2, -0.15) is 0 Å². The van der Waals surface area contributed by atoms with Crippen LogP contribution in [0.1, 0.15) is 361 Å². The largest absolute Gasteiger partial charge is 0.462 e. The Morgan fingerprint density at radius 3 is 0.824 bits per heavy atom. The van der Waals surface area contributed by atoms with Crippen LogP contribution >= 0.6 is 0 Å². The van der Waals surface area contributed by atoms with Crippen molar-refractivity contribution in [2.45, 2.75) is 367 Å². The normalized spacial score (nSPS) is 12.4. The van der Waals surface area contributed by atoms with E-state index < -0.39 is 6.10 Å². The molecule has 0 fully saturated rings. The lowest BCUT2D eigenvalue weighted by Crippen LogP contribution is -2.28. The first kappa shape index (κ1) is 71.9. The molecule has 0 radical (unpaired) electrons. The topological polar surface area (TPSA) is 72.8 Å². The van der Waals surface area contributed by atoms with Crippen molar-refractivity contribution in [2.24, 2.45) is 0 Å². The van der Waals surface area contributed by atoms with Crippen molar-refractivity contribution in [3.05, 3.63) is 48.6 Å². The molecule has 0 spiro atoms. The molecule has 0 bridgehead atoms. The Labute approximate surface area is 462 Å². The Morgan fingerprint density at radius 2 is 0.541 bits per heavy atom. The van der Waals surface area contributed by atoms with E-state index in [-0.39, 0.29) is 25.2 Å². The predicted molar refractivity (Wildman–Crippen MR) is 325 cm³/mol. The van der Waals surface area contributed by atoms with Crippen LogP contribution in [0.15, 0.2) is 48.6 Å². The lowest BCUT2D eigenvalue weighted by Gasteiger charge is -2.15. The monoisotopic (exact) mass is 1040 g/mol. The SMILES string of the molecule is CCCCC/C=C\C/C=C\CCCCCCCCCCCC(=O)OCC(CO)OC(=O)CCCCCCCCCCCCCCCCCCCCCCCCCCCCCCC/C=C\C/C=C\CCCCCCC. The Balaban J connectivity index is 3.37. The molecule has 5 heteroatoms. The number of allylic oxidation sites excluding steroid dienone is 8. The fraction of sp³-hybridized carbons (Fsp3) is 0.855. The molecule has 0 aromatic rings. The highest BCUT2D eigenvalue weighted by molar-refractivity contribution is 5.70. The summed E-state index contributed by atoms with van der Waals surface area (Å²) in [6.07, 6.45) is 87.1. The molecule has 0 aromatic carbocycles. The molecule has 434 valence electrons. The number of hydrogen-bond acceptors (Lipinski definition) is 5. The number of carbonyl (C=O) groups excluding carboxylic acids is 2. The Bertz CT molecular complexity index is 1220. The average Bonchev–Trinajstić information content (AvgIpc) is 3.40. The van der Waals surface area contributed by atoms with Crippen LogP contribution in [-0.2, 0) is 19.1 Å². The van der Waals surface area contributed by atoms with Crippen LogP contribution < -0.4 is 0 Å². The number of aliphatic hydroxyl groups excluding tert-OH is 1. The van der Waals surface area contributed by atoms with Crippen molar-refractivity contribution in [3.63, 3.8) is 0 Å². The number of aliphatic hydroxyl groups is 1. The highest BCUT2D eigenvalue weighted by atomic mass is 16.6. The van der Waals surface area contributed by atoms with Crippen LogP contribution in [0.4, 0.5) is 0 Å². The molecule has 0 saturated heterocycles. The van der Waals surface area contributed by atoms with E-state index in [1.165, 1.54) is 283 Å². The molecule has 5 nitrogen and oxygen atoms in total. The van der Waals surface area contributed by atoms with Crippen LogP contribution in [-0.4, -0.2) is 36.4 Å². The summed E-state index contributed by atoms with van der Waals surface area (Å²) in [7, 11) is 0. The zero-order valence-electron chi connectivity index (χ0n) is 49.9. The van der Waals surface area contributed by atoms with Gasteiger partial charge < -0.3 is 14.6 Å². The summed E-state index contributed by atoms with van der Waals surface area (Å²) >= 11 is 0. The van der Waals surface area contributed by atoms with Crippen molar-refractivity contribution >= 4 is 11.9 Å². The number of carbonyl (C=O) groups is 2. The second-order valence-electron chi connectivity index (χ2n) is 22.5. The summed E-state index contributed by atoms with van der Waals surface area (Å²) in [6, 6.07) is 0. The standard InChI is InChI=1S/C69H128O5/c1-3-5-7-9-11-13-15-17-19-21-23-24-25-26-27-28-29-30-31-32-33-34-35-36-37-38-39-40-41-42-43-44-46-48-50-52-54-56-58-60-62-64-69(72)74-67(65-70)66-73-68(71)63-61-59-57-55-53-51-49-47-45-22-20-18-16-14-12-10-8-6-4-2/h12,14-15,17-18,20-21,23,67,70H,3-11,13,16,19,22,24-66H2,1-2H3/b14-12-,17-15-,20-18-,23-21-. The van der Waals surface area contributed by atoms with Gasteiger partial charge in [-0.1, -0.05) is 319 Å². The molecule has 1 unspecified atom stereocenters. The minimum absolute atomic E-state index is 0.0641. The summed E-state index contributed by atoms with van der Waals surface area (Å²) < 4.78 is 10.7. The van der Waals surface area contributed by atoms with E-state index in [1.54, 1.807) is 0 Å². The smallest absolute Gasteiger partial charge is 0.306 e. The molecule has 74 heavy (non-hydrogen) atoms. The average molecular weight is 1040 g/mol. The van der Waals surface area contributed by atoms with Gasteiger partial charge >= 0.3 is 11.9 Å². The van der Waals surface area contributed by atoms with Crippen LogP contribution in [0.5, 0.6) is 0 Å². The van der Waals surface area contributed by atoms with E-state index in [4.69, 9.17) is 9.47 Å². The van der Waals surface area contributed by atoms with Crippen LogP contribution in [0.2, 0.25) is 0 Å². The molecule has 0 rings (SSSR count). The van der Waals surface area contributed by atoms with Crippen molar-refractivity contribution in [3.8, 4) is 0 Å². The third-order valence-electron chi connectivity index (χ3n) is 15.1. The van der Waals surface area contributed by atoms with E-state index in [1.807, 2.05) is 0 Å². The number of unbranched alkanes of at least 4 members (excludes halogenated alkanes) is 46. The van der Waals surface area contributed by atoms with Gasteiger partial charge in [-0.3, -0.25) is 9.59 Å². The zero-order valence-corrected chi connectivity index (χ0v) is 49.9. The zero-order chi connectivity index (χ0) is 53.4. The molecule has 0 amide bonds. The fourth-order valence-corrected chi connectivity index (χ4v) is 10.1. The van der Waals surface area contributed by atoms with Gasteiger partial charge in [0.05, 0.1) is 6.61 Å². The third kappa shape index (κ3) is 62.4. The number of ether oxygens (including phenoxy) is 2. The van der Waals surface area contributed by atoms with Crippen molar-refractivity contribution in [1.29, 1.82) is 0 Å². The van der Waals surface area contributed by atoms with Crippen LogP contribution in [0.3, 0.4) is 0 Å². The first-order valence-electron chi connectivity index (χ1n) is 33.2. The molecule has 0 aliphatic carbocycles. The second kappa shape index (κ2) is 65.1. The molecule has 0 aliphatic heterocycles. The first-order valence-corrected chi connectivity index (χ1v) is 33.2. The lowest BCUT2D eigenvalue weighted by atomic mass is 10.0. The minimum Gasteiger partial charge on any atom is -0.462 e. The van der Waals surface area contributed by atoms with Gasteiger partial charge in [0.15, 0.2) is 6.10 Å². The summed E-state index contributed by atoms with van der Waals surface area (Å²) in [4.78, 5) is 24.6. The van der Waals surface area contributed by atoms with Gasteiger partial charge in [0.25, 0.3) is 0 Å². The van der Waals surface area contributed by atoms with E-state index in [0.29, 0.717) is 12.8 Å². The Hall–Kier alpha value is -2.14. The predicted octanol–water partition coefficient (Wildman–Crippen LogP) is 22.8. The van der Waals surface area contributed by atoms with Gasteiger partial charge in [-0.05, 0) is 77.0 Å². The second-order valence-corrected chi connectivity index (χ2v) is 22.5. The van der Waals surface area contributed by atoms with Crippen molar-refractivity contribution in [2.75, 3.05) is 13.2 Å². The number of rotatable bonds is 62. The van der Waals surface area contributed by atoms with E-state index >= 15 is 0 Å². The first-order chi connectivity index (χ1) is 36.6. The molecule has 0 saturated carbocycles. The molecule has 0 aliphatic rings. The molecule has 0 aromatic heterocycles. The highest BCUT2D eigenvalue weighted by Gasteiger charge is 2.16. The van der Waals surface area contributed by atoms with Gasteiger partial charge in [0, 0.05) is 12.8 Å². The van der Waals surface area contributed by atoms with Crippen molar-refractivity contribution in [1.82, 2.24) is 0 Å². The maximum absolute atomic E-state index is 12.3. The fourth-order valence-electron chi connectivity index (χ4n) is 10.1. The summed E-state index contributed by atoms with van der Waals surface area (Å²) in [5, 5.41) is 9.67. The highest BCUT2D eigenvalue weighted by Crippen LogP contribution is 2.18. The van der Waals surface area contributed by atoms with E-state index in [9.17, 15) is 14.7 Å². The third-order valence-corrected chi connectivity index (χ3v) is 15.1. The summed E-state index contributed by atoms with van der Waals surface area (Å²) in [6.45, 7) is 4.14. The van der Waals surface area contributed by atoms with E-state index in [0.717, 1.165) is 51.4 Å². The lowest BCUT2D eigenvalue weighted by molar-refractivity contribution is -0.161. The maximum atomic E-state index is 12.3. The Morgan fingerprint density at radius 1 is 0.311 bits per heavy atom. The van der Waals surface area contributed by atoms with Crippen LogP contribution in [0.25, 0.3) is 0 Å².